The third-order valence-electron chi connectivity index (χ3n) is 2.24. The molecule has 14 heavy (non-hydrogen) atoms. The normalized spacial score (nSPS) is 10.1. The predicted octanol–water partition coefficient (Wildman–Crippen LogP) is 3.44. The first-order valence-electron chi connectivity index (χ1n) is 5.20. The molecule has 0 spiro atoms. The molecule has 0 heterocycles. The SMILES string of the molecule is [CH2]CCc1ccccc1C(=O)CCC. The fraction of sp³-hybridized carbons (Fsp3) is 0.385. The van der Waals surface area contributed by atoms with Gasteiger partial charge >= 0.3 is 0 Å². The lowest BCUT2D eigenvalue weighted by Crippen LogP contribution is -2.02. The quantitative estimate of drug-likeness (QED) is 0.648. The molecular weight excluding hydrogens is 172 g/mol. The minimum absolute atomic E-state index is 0.261. The van der Waals surface area contributed by atoms with Crippen LogP contribution >= 0.6 is 0 Å². The summed E-state index contributed by atoms with van der Waals surface area (Å²) in [6.07, 6.45) is 3.30. The van der Waals surface area contributed by atoms with E-state index in [0.29, 0.717) is 6.42 Å². The number of hydrogen-bond acceptors (Lipinski definition) is 1. The Balaban J connectivity index is 2.88. The average Bonchev–Trinajstić information content (AvgIpc) is 2.19. The van der Waals surface area contributed by atoms with Crippen molar-refractivity contribution in [1.29, 1.82) is 0 Å². The molecule has 75 valence electrons. The van der Waals surface area contributed by atoms with E-state index in [1.807, 2.05) is 31.2 Å². The number of hydrogen-bond donors (Lipinski definition) is 0. The Hall–Kier alpha value is -1.11. The van der Waals surface area contributed by atoms with E-state index >= 15 is 0 Å². The first-order chi connectivity index (χ1) is 6.79. The molecule has 0 aromatic heterocycles. The van der Waals surface area contributed by atoms with Crippen LogP contribution in [0.25, 0.3) is 0 Å². The lowest BCUT2D eigenvalue weighted by molar-refractivity contribution is 0.0981. The van der Waals surface area contributed by atoms with Crippen LogP contribution in [0.15, 0.2) is 24.3 Å². The van der Waals surface area contributed by atoms with Crippen molar-refractivity contribution in [3.05, 3.63) is 42.3 Å². The van der Waals surface area contributed by atoms with Crippen LogP contribution in [0.5, 0.6) is 0 Å². The number of ketones is 1. The molecule has 0 N–H and O–H groups in total. The molecule has 0 saturated heterocycles. The van der Waals surface area contributed by atoms with Crippen LogP contribution in [0.3, 0.4) is 0 Å². The average molecular weight is 189 g/mol. The molecule has 0 bridgehead atoms. The van der Waals surface area contributed by atoms with Gasteiger partial charge in [0, 0.05) is 12.0 Å². The molecule has 1 aromatic rings. The zero-order chi connectivity index (χ0) is 10.4. The summed E-state index contributed by atoms with van der Waals surface area (Å²) >= 11 is 0. The molecule has 0 amide bonds. The first-order valence-corrected chi connectivity index (χ1v) is 5.20. The molecule has 1 heteroatoms. The molecule has 1 nitrogen and oxygen atoms in total. The largest absolute Gasteiger partial charge is 0.294 e. The maximum atomic E-state index is 11.7. The monoisotopic (exact) mass is 189 g/mol. The number of aryl methyl sites for hydroxylation is 1. The summed E-state index contributed by atoms with van der Waals surface area (Å²) in [6.45, 7) is 5.85. The minimum Gasteiger partial charge on any atom is -0.294 e. The molecule has 0 unspecified atom stereocenters. The van der Waals surface area contributed by atoms with Crippen LogP contribution in [0.2, 0.25) is 0 Å². The van der Waals surface area contributed by atoms with Gasteiger partial charge in [-0.3, -0.25) is 4.79 Å². The van der Waals surface area contributed by atoms with Gasteiger partial charge < -0.3 is 0 Å². The summed E-state index contributed by atoms with van der Waals surface area (Å²) in [5, 5.41) is 0. The van der Waals surface area contributed by atoms with Crippen LogP contribution in [-0.4, -0.2) is 5.78 Å². The second-order valence-electron chi connectivity index (χ2n) is 3.43. The molecule has 0 atom stereocenters. The van der Waals surface area contributed by atoms with Gasteiger partial charge in [0.2, 0.25) is 0 Å². The third-order valence-corrected chi connectivity index (χ3v) is 2.24. The molecule has 0 aliphatic carbocycles. The van der Waals surface area contributed by atoms with E-state index in [2.05, 4.69) is 6.92 Å². The molecule has 0 saturated carbocycles. The van der Waals surface area contributed by atoms with Crippen molar-refractivity contribution in [3.63, 3.8) is 0 Å². The van der Waals surface area contributed by atoms with E-state index in [-0.39, 0.29) is 5.78 Å². The van der Waals surface area contributed by atoms with E-state index in [0.717, 1.165) is 30.4 Å². The summed E-state index contributed by atoms with van der Waals surface area (Å²) in [4.78, 5) is 11.7. The summed E-state index contributed by atoms with van der Waals surface area (Å²) in [7, 11) is 0. The Morgan fingerprint density at radius 2 is 2.07 bits per heavy atom. The second kappa shape index (κ2) is 5.58. The maximum Gasteiger partial charge on any atom is 0.163 e. The van der Waals surface area contributed by atoms with Crippen LogP contribution in [0.4, 0.5) is 0 Å². The van der Waals surface area contributed by atoms with E-state index in [1.165, 1.54) is 0 Å². The standard InChI is InChI=1S/C13H17O/c1-3-7-11-9-5-6-10-12(11)13(14)8-4-2/h5-6,9-10H,1,3-4,7-8H2,2H3. The number of rotatable bonds is 5. The van der Waals surface area contributed by atoms with Crippen LogP contribution < -0.4 is 0 Å². The van der Waals surface area contributed by atoms with Gasteiger partial charge in [0.05, 0.1) is 0 Å². The first kappa shape index (κ1) is 11.0. The van der Waals surface area contributed by atoms with Crippen LogP contribution in [-0.2, 0) is 6.42 Å². The van der Waals surface area contributed by atoms with Crippen molar-refractivity contribution in [3.8, 4) is 0 Å². The summed E-state index contributed by atoms with van der Waals surface area (Å²) in [5.74, 6) is 0.261. The van der Waals surface area contributed by atoms with E-state index in [9.17, 15) is 4.79 Å². The Morgan fingerprint density at radius 3 is 2.71 bits per heavy atom. The third kappa shape index (κ3) is 2.69. The highest BCUT2D eigenvalue weighted by Gasteiger charge is 2.08. The predicted molar refractivity (Wildman–Crippen MR) is 59.4 cm³/mol. The number of Topliss-reactive ketones (excluding diaryl/α,β-unsaturated/α-hetero) is 1. The van der Waals surface area contributed by atoms with E-state index in [4.69, 9.17) is 0 Å². The van der Waals surface area contributed by atoms with Crippen molar-refractivity contribution in [2.24, 2.45) is 0 Å². The highest BCUT2D eigenvalue weighted by molar-refractivity contribution is 5.97. The molecular formula is C13H17O. The fourth-order valence-electron chi connectivity index (χ4n) is 1.56. The summed E-state index contributed by atoms with van der Waals surface area (Å²) in [6, 6.07) is 7.85. The maximum absolute atomic E-state index is 11.7. The number of carbonyl (C=O) groups is 1. The molecule has 0 fully saturated rings. The van der Waals surface area contributed by atoms with Gasteiger partial charge in [-0.1, -0.05) is 38.1 Å². The summed E-state index contributed by atoms with van der Waals surface area (Å²) in [5.41, 5.74) is 2.03. The van der Waals surface area contributed by atoms with Gasteiger partial charge in [-0.25, -0.2) is 0 Å². The topological polar surface area (TPSA) is 17.1 Å². The molecule has 0 aliphatic rings. The number of benzene rings is 1. The van der Waals surface area contributed by atoms with Gasteiger partial charge in [0.15, 0.2) is 5.78 Å². The van der Waals surface area contributed by atoms with Gasteiger partial charge in [0.1, 0.15) is 0 Å². The van der Waals surface area contributed by atoms with Gasteiger partial charge in [-0.2, -0.15) is 0 Å². The van der Waals surface area contributed by atoms with Gasteiger partial charge in [0.25, 0.3) is 0 Å². The van der Waals surface area contributed by atoms with Crippen molar-refractivity contribution in [1.82, 2.24) is 0 Å². The number of carbonyl (C=O) groups excluding carboxylic acids is 1. The minimum atomic E-state index is 0.261. The highest BCUT2D eigenvalue weighted by atomic mass is 16.1. The van der Waals surface area contributed by atoms with Gasteiger partial charge in [-0.05, 0) is 24.8 Å². The Labute approximate surface area is 86.1 Å². The second-order valence-corrected chi connectivity index (χ2v) is 3.43. The van der Waals surface area contributed by atoms with Crippen molar-refractivity contribution in [2.45, 2.75) is 32.6 Å². The zero-order valence-electron chi connectivity index (χ0n) is 8.75. The Kier molecular flexibility index (Phi) is 4.37. The van der Waals surface area contributed by atoms with E-state index in [1.54, 1.807) is 0 Å². The van der Waals surface area contributed by atoms with Gasteiger partial charge in [-0.15, -0.1) is 0 Å². The van der Waals surface area contributed by atoms with Crippen molar-refractivity contribution < 1.29 is 4.79 Å². The molecule has 1 rings (SSSR count). The zero-order valence-corrected chi connectivity index (χ0v) is 8.75. The lowest BCUT2D eigenvalue weighted by atomic mass is 9.98. The molecule has 0 aliphatic heterocycles. The highest BCUT2D eigenvalue weighted by Crippen LogP contribution is 2.13. The molecule has 1 radical (unpaired) electrons. The lowest BCUT2D eigenvalue weighted by Gasteiger charge is -2.06. The van der Waals surface area contributed by atoms with E-state index < -0.39 is 0 Å². The fourth-order valence-corrected chi connectivity index (χ4v) is 1.56. The van der Waals surface area contributed by atoms with Crippen molar-refractivity contribution in [2.75, 3.05) is 0 Å². The Morgan fingerprint density at radius 1 is 1.36 bits per heavy atom. The van der Waals surface area contributed by atoms with Crippen molar-refractivity contribution >= 4 is 5.78 Å². The van der Waals surface area contributed by atoms with Crippen LogP contribution in [0.1, 0.15) is 42.1 Å². The molecule has 1 aromatic carbocycles. The van der Waals surface area contributed by atoms with Crippen LogP contribution in [0, 0.1) is 6.92 Å². The smallest absolute Gasteiger partial charge is 0.163 e. The summed E-state index contributed by atoms with van der Waals surface area (Å²) < 4.78 is 0. The Bertz CT molecular complexity index is 302.